The molecule has 1 heterocycles. The van der Waals surface area contributed by atoms with Gasteiger partial charge < -0.3 is 15.4 Å². The van der Waals surface area contributed by atoms with Crippen LogP contribution in [-0.2, 0) is 17.7 Å². The smallest absolute Gasteiger partial charge is 0.191 e. The molecule has 0 spiro atoms. The standard InChI is InChI=1S/C16H30N4OS.HI/c1-5-15-20-14(12-22-15)10-19-16(17-6-2)18-8-7-9-21-11-13(3)4;/h12-13H,5-11H2,1-4H3,(H2,17,18,19);1H. The molecule has 0 unspecified atom stereocenters. The fourth-order valence-corrected chi connectivity index (χ4v) is 2.52. The monoisotopic (exact) mass is 454 g/mol. The summed E-state index contributed by atoms with van der Waals surface area (Å²) >= 11 is 1.71. The second-order valence-corrected chi connectivity index (χ2v) is 6.47. The summed E-state index contributed by atoms with van der Waals surface area (Å²) in [5.74, 6) is 1.44. The van der Waals surface area contributed by atoms with Crippen molar-refractivity contribution in [3.05, 3.63) is 16.1 Å². The molecule has 7 heteroatoms. The van der Waals surface area contributed by atoms with E-state index in [2.05, 4.69) is 53.7 Å². The summed E-state index contributed by atoms with van der Waals surface area (Å²) in [5.41, 5.74) is 1.04. The first-order chi connectivity index (χ1) is 10.7. The SMILES string of the molecule is CCNC(=NCc1csc(CC)n1)NCCCOCC(C)C.I. The number of nitrogens with zero attached hydrogens (tertiary/aromatic N) is 2. The van der Waals surface area contributed by atoms with Crippen LogP contribution >= 0.6 is 35.3 Å². The van der Waals surface area contributed by atoms with Gasteiger partial charge in [0.15, 0.2) is 5.96 Å². The molecule has 5 nitrogen and oxygen atoms in total. The molecule has 0 atom stereocenters. The maximum absolute atomic E-state index is 5.57. The summed E-state index contributed by atoms with van der Waals surface area (Å²) < 4.78 is 5.57. The van der Waals surface area contributed by atoms with Crippen molar-refractivity contribution in [3.63, 3.8) is 0 Å². The van der Waals surface area contributed by atoms with Gasteiger partial charge in [0.1, 0.15) is 0 Å². The molecule has 0 fully saturated rings. The summed E-state index contributed by atoms with van der Waals surface area (Å²) in [7, 11) is 0. The molecule has 1 aromatic rings. The average molecular weight is 454 g/mol. The highest BCUT2D eigenvalue weighted by molar-refractivity contribution is 14.0. The number of hydrogen-bond donors (Lipinski definition) is 2. The van der Waals surface area contributed by atoms with Crippen molar-refractivity contribution in [1.82, 2.24) is 15.6 Å². The third-order valence-electron chi connectivity index (χ3n) is 2.85. The second kappa shape index (κ2) is 14.0. The van der Waals surface area contributed by atoms with Crippen LogP contribution in [0.25, 0.3) is 0 Å². The molecule has 134 valence electrons. The number of halogens is 1. The van der Waals surface area contributed by atoms with Crippen LogP contribution in [0.5, 0.6) is 0 Å². The van der Waals surface area contributed by atoms with Crippen molar-refractivity contribution in [1.29, 1.82) is 0 Å². The summed E-state index contributed by atoms with van der Waals surface area (Å²) in [6.45, 7) is 12.5. The zero-order valence-corrected chi connectivity index (χ0v) is 17.9. The fourth-order valence-electron chi connectivity index (χ4n) is 1.79. The molecule has 1 rings (SSSR count). The molecule has 0 aliphatic rings. The van der Waals surface area contributed by atoms with Crippen molar-refractivity contribution >= 4 is 41.3 Å². The van der Waals surface area contributed by atoms with Crippen LogP contribution in [0.1, 0.15) is 44.8 Å². The van der Waals surface area contributed by atoms with E-state index in [1.165, 1.54) is 5.01 Å². The number of aryl methyl sites for hydroxylation is 1. The van der Waals surface area contributed by atoms with Gasteiger partial charge in [0.2, 0.25) is 0 Å². The fraction of sp³-hybridized carbons (Fsp3) is 0.750. The van der Waals surface area contributed by atoms with Crippen molar-refractivity contribution in [2.24, 2.45) is 10.9 Å². The molecule has 1 aromatic heterocycles. The Balaban J connectivity index is 0.00000484. The Bertz CT molecular complexity index is 437. The molecule has 0 aliphatic heterocycles. The number of nitrogens with one attached hydrogen (secondary N) is 2. The van der Waals surface area contributed by atoms with E-state index < -0.39 is 0 Å². The minimum Gasteiger partial charge on any atom is -0.381 e. The van der Waals surface area contributed by atoms with E-state index in [0.717, 1.165) is 50.8 Å². The Morgan fingerprint density at radius 2 is 2.13 bits per heavy atom. The number of rotatable bonds is 10. The molecule has 2 N–H and O–H groups in total. The third kappa shape index (κ3) is 10.9. The van der Waals surface area contributed by atoms with Crippen LogP contribution in [0, 0.1) is 5.92 Å². The molecule has 0 saturated carbocycles. The Kier molecular flexibility index (Phi) is 13.7. The first-order valence-electron chi connectivity index (χ1n) is 8.18. The lowest BCUT2D eigenvalue weighted by atomic mass is 10.2. The lowest BCUT2D eigenvalue weighted by Gasteiger charge is -2.11. The first-order valence-corrected chi connectivity index (χ1v) is 9.06. The lowest BCUT2D eigenvalue weighted by molar-refractivity contribution is 0.108. The quantitative estimate of drug-likeness (QED) is 0.246. The van der Waals surface area contributed by atoms with E-state index in [0.29, 0.717) is 12.5 Å². The maximum atomic E-state index is 5.57. The van der Waals surface area contributed by atoms with E-state index in [1.54, 1.807) is 11.3 Å². The molecular weight excluding hydrogens is 423 g/mol. The zero-order chi connectivity index (χ0) is 16.2. The number of thiazole rings is 1. The van der Waals surface area contributed by atoms with Crippen molar-refractivity contribution in [3.8, 4) is 0 Å². The van der Waals surface area contributed by atoms with E-state index in [4.69, 9.17) is 4.74 Å². The minimum atomic E-state index is 0. The van der Waals surface area contributed by atoms with E-state index in [9.17, 15) is 0 Å². The molecule has 0 aromatic carbocycles. The van der Waals surface area contributed by atoms with Gasteiger partial charge in [-0.2, -0.15) is 0 Å². The summed E-state index contributed by atoms with van der Waals surface area (Å²) in [4.78, 5) is 9.11. The second-order valence-electron chi connectivity index (χ2n) is 5.53. The van der Waals surface area contributed by atoms with Crippen LogP contribution in [-0.4, -0.2) is 37.2 Å². The van der Waals surface area contributed by atoms with Crippen molar-refractivity contribution in [2.75, 3.05) is 26.3 Å². The maximum Gasteiger partial charge on any atom is 0.191 e. The highest BCUT2D eigenvalue weighted by Crippen LogP contribution is 2.10. The predicted molar refractivity (Wildman–Crippen MR) is 110 cm³/mol. The van der Waals surface area contributed by atoms with E-state index >= 15 is 0 Å². The minimum absolute atomic E-state index is 0. The average Bonchev–Trinajstić information content (AvgIpc) is 2.96. The van der Waals surface area contributed by atoms with Crippen LogP contribution in [0.4, 0.5) is 0 Å². The number of hydrogen-bond acceptors (Lipinski definition) is 4. The van der Waals surface area contributed by atoms with Crippen molar-refractivity contribution < 1.29 is 4.74 Å². The molecule has 0 radical (unpaired) electrons. The van der Waals surface area contributed by atoms with Crippen LogP contribution < -0.4 is 10.6 Å². The normalized spacial score (nSPS) is 11.4. The van der Waals surface area contributed by atoms with Gasteiger partial charge in [-0.25, -0.2) is 9.98 Å². The summed E-state index contributed by atoms with van der Waals surface area (Å²) in [5, 5.41) is 9.85. The van der Waals surface area contributed by atoms with Gasteiger partial charge in [-0.15, -0.1) is 35.3 Å². The molecule has 23 heavy (non-hydrogen) atoms. The summed E-state index contributed by atoms with van der Waals surface area (Å²) in [6.07, 6.45) is 1.97. The molecule has 0 aliphatic carbocycles. The molecule has 0 bridgehead atoms. The number of aromatic nitrogens is 1. The molecular formula is C16H31IN4OS. The Labute approximate surface area is 161 Å². The number of ether oxygens (including phenoxy) is 1. The first kappa shape index (κ1) is 22.6. The number of aliphatic imine (C=N–C) groups is 1. The van der Waals surface area contributed by atoms with Gasteiger partial charge in [-0.3, -0.25) is 0 Å². The van der Waals surface area contributed by atoms with Crippen LogP contribution in [0.2, 0.25) is 0 Å². The third-order valence-corrected chi connectivity index (χ3v) is 3.90. The van der Waals surface area contributed by atoms with E-state index in [-0.39, 0.29) is 24.0 Å². The predicted octanol–water partition coefficient (Wildman–Crippen LogP) is 3.44. The largest absolute Gasteiger partial charge is 0.381 e. The highest BCUT2D eigenvalue weighted by Gasteiger charge is 2.01. The van der Waals surface area contributed by atoms with Gasteiger partial charge in [0, 0.05) is 31.7 Å². The van der Waals surface area contributed by atoms with Gasteiger partial charge >= 0.3 is 0 Å². The summed E-state index contributed by atoms with van der Waals surface area (Å²) in [6, 6.07) is 0. The zero-order valence-electron chi connectivity index (χ0n) is 14.7. The Morgan fingerprint density at radius 3 is 2.74 bits per heavy atom. The number of guanidine groups is 1. The van der Waals surface area contributed by atoms with Gasteiger partial charge in [0.05, 0.1) is 17.2 Å². The molecule has 0 saturated heterocycles. The van der Waals surface area contributed by atoms with Gasteiger partial charge in [-0.1, -0.05) is 20.8 Å². The molecule has 0 amide bonds. The topological polar surface area (TPSA) is 58.5 Å². The van der Waals surface area contributed by atoms with E-state index in [1.807, 2.05) is 0 Å². The van der Waals surface area contributed by atoms with Crippen molar-refractivity contribution in [2.45, 2.75) is 47.1 Å². The van der Waals surface area contributed by atoms with Gasteiger partial charge in [-0.05, 0) is 25.7 Å². The lowest BCUT2D eigenvalue weighted by Crippen LogP contribution is -2.38. The Hall–Kier alpha value is -0.410. The highest BCUT2D eigenvalue weighted by atomic mass is 127. The van der Waals surface area contributed by atoms with Crippen LogP contribution in [0.3, 0.4) is 0 Å². The van der Waals surface area contributed by atoms with Gasteiger partial charge in [0.25, 0.3) is 0 Å². The van der Waals surface area contributed by atoms with Crippen LogP contribution in [0.15, 0.2) is 10.4 Å². The Morgan fingerprint density at radius 1 is 1.35 bits per heavy atom.